The van der Waals surface area contributed by atoms with Crippen molar-refractivity contribution in [3.8, 4) is 0 Å². The molecule has 6 nitrogen and oxygen atoms in total. The second-order valence-electron chi connectivity index (χ2n) is 8.17. The fraction of sp³-hybridized carbons (Fsp3) is 0.565. The normalized spacial score (nSPS) is 17.6. The van der Waals surface area contributed by atoms with E-state index in [1.807, 2.05) is 36.9 Å². The molecule has 2 aliphatic rings. The van der Waals surface area contributed by atoms with Crippen molar-refractivity contribution in [1.82, 2.24) is 15.1 Å². The number of aryl methyl sites for hydroxylation is 2. The van der Waals surface area contributed by atoms with Gasteiger partial charge in [-0.05, 0) is 57.1 Å². The van der Waals surface area contributed by atoms with Gasteiger partial charge in [-0.3, -0.25) is 9.69 Å². The summed E-state index contributed by atoms with van der Waals surface area (Å²) in [5, 5.41) is 6.09. The fourth-order valence-corrected chi connectivity index (χ4v) is 4.08. The summed E-state index contributed by atoms with van der Waals surface area (Å²) in [5.74, 6) is 0.000980. The van der Waals surface area contributed by atoms with Gasteiger partial charge in [-0.1, -0.05) is 29.8 Å². The number of allylic oxidation sites excluding steroid dienone is 1. The predicted octanol–water partition coefficient (Wildman–Crippen LogP) is 3.46. The van der Waals surface area contributed by atoms with E-state index in [2.05, 4.69) is 21.6 Å². The van der Waals surface area contributed by atoms with Gasteiger partial charge in [0, 0.05) is 38.4 Å². The van der Waals surface area contributed by atoms with Gasteiger partial charge < -0.3 is 15.5 Å². The van der Waals surface area contributed by atoms with Gasteiger partial charge in [0.1, 0.15) is 0 Å². The van der Waals surface area contributed by atoms with Gasteiger partial charge in [-0.25, -0.2) is 4.79 Å². The van der Waals surface area contributed by atoms with Crippen LogP contribution in [0.4, 0.5) is 10.5 Å². The second kappa shape index (κ2) is 10.4. The summed E-state index contributed by atoms with van der Waals surface area (Å²) in [6.07, 6.45) is 8.23. The van der Waals surface area contributed by atoms with Crippen LogP contribution in [0, 0.1) is 13.8 Å². The average Bonchev–Trinajstić information content (AvgIpc) is 2.72. The quantitative estimate of drug-likeness (QED) is 0.722. The highest BCUT2D eigenvalue weighted by Gasteiger charge is 2.22. The Morgan fingerprint density at radius 2 is 1.76 bits per heavy atom. The van der Waals surface area contributed by atoms with Gasteiger partial charge >= 0.3 is 6.03 Å². The Hall–Kier alpha value is -2.34. The van der Waals surface area contributed by atoms with Crippen LogP contribution in [0.1, 0.15) is 43.2 Å². The molecule has 0 bridgehead atoms. The average molecular weight is 399 g/mol. The topological polar surface area (TPSA) is 64.7 Å². The SMILES string of the molecule is Cc1cccc(C)c1NC(=O)CN1CCN(C(=O)NCCC2=CCCCC2)CC1. The van der Waals surface area contributed by atoms with E-state index in [4.69, 9.17) is 0 Å². The van der Waals surface area contributed by atoms with Crippen molar-refractivity contribution in [1.29, 1.82) is 0 Å². The van der Waals surface area contributed by atoms with Crippen molar-refractivity contribution in [3.05, 3.63) is 41.0 Å². The van der Waals surface area contributed by atoms with Crippen molar-refractivity contribution in [2.75, 3.05) is 44.6 Å². The number of carbonyl (C=O) groups excluding carboxylic acids is 2. The molecule has 0 unspecified atom stereocenters. The third kappa shape index (κ3) is 6.32. The zero-order valence-corrected chi connectivity index (χ0v) is 17.8. The summed E-state index contributed by atoms with van der Waals surface area (Å²) in [7, 11) is 0. The third-order valence-electron chi connectivity index (χ3n) is 5.88. The second-order valence-corrected chi connectivity index (χ2v) is 8.17. The molecule has 0 aromatic heterocycles. The van der Waals surface area contributed by atoms with Crippen LogP contribution in [0.5, 0.6) is 0 Å². The van der Waals surface area contributed by atoms with Crippen LogP contribution in [0.15, 0.2) is 29.8 Å². The minimum atomic E-state index is 0.000980. The highest BCUT2D eigenvalue weighted by Crippen LogP contribution is 2.20. The highest BCUT2D eigenvalue weighted by atomic mass is 16.2. The van der Waals surface area contributed by atoms with Crippen LogP contribution in [-0.2, 0) is 4.79 Å². The molecule has 1 saturated heterocycles. The Labute approximate surface area is 174 Å². The van der Waals surface area contributed by atoms with Crippen molar-refractivity contribution in [2.45, 2.75) is 46.0 Å². The summed E-state index contributed by atoms with van der Waals surface area (Å²) in [6.45, 7) is 7.84. The van der Waals surface area contributed by atoms with Crippen molar-refractivity contribution in [2.24, 2.45) is 0 Å². The van der Waals surface area contributed by atoms with Crippen LogP contribution in [0.2, 0.25) is 0 Å². The fourth-order valence-electron chi connectivity index (χ4n) is 4.08. The van der Waals surface area contributed by atoms with E-state index in [1.54, 1.807) is 0 Å². The standard InChI is InChI=1S/C23H34N4O2/c1-18-7-6-8-19(2)22(18)25-21(28)17-26-13-15-27(16-14-26)23(29)24-12-11-20-9-4-3-5-10-20/h6-9H,3-5,10-17H2,1-2H3,(H,24,29)(H,25,28). The van der Waals surface area contributed by atoms with Gasteiger partial charge in [0.2, 0.25) is 5.91 Å². The Balaban J connectivity index is 1.36. The molecule has 1 aliphatic heterocycles. The predicted molar refractivity (Wildman–Crippen MR) is 117 cm³/mol. The van der Waals surface area contributed by atoms with Gasteiger partial charge in [-0.15, -0.1) is 0 Å². The van der Waals surface area contributed by atoms with Gasteiger partial charge in [0.25, 0.3) is 0 Å². The number of hydrogen-bond acceptors (Lipinski definition) is 3. The zero-order valence-electron chi connectivity index (χ0n) is 17.8. The largest absolute Gasteiger partial charge is 0.338 e. The van der Waals surface area contributed by atoms with Crippen LogP contribution in [0.3, 0.4) is 0 Å². The highest BCUT2D eigenvalue weighted by molar-refractivity contribution is 5.93. The number of nitrogens with one attached hydrogen (secondary N) is 2. The van der Waals surface area contributed by atoms with E-state index >= 15 is 0 Å². The minimum absolute atomic E-state index is 0.000980. The maximum absolute atomic E-state index is 12.4. The van der Waals surface area contributed by atoms with Gasteiger partial charge in [0.05, 0.1) is 6.54 Å². The molecule has 3 rings (SSSR count). The molecule has 3 amide bonds. The van der Waals surface area contributed by atoms with Crippen LogP contribution in [-0.4, -0.2) is 61.0 Å². The van der Waals surface area contributed by atoms with E-state index in [0.29, 0.717) is 26.2 Å². The number of anilines is 1. The summed E-state index contributed by atoms with van der Waals surface area (Å²) in [6, 6.07) is 6.02. The molecule has 0 saturated carbocycles. The Kier molecular flexibility index (Phi) is 7.69. The maximum Gasteiger partial charge on any atom is 0.317 e. The lowest BCUT2D eigenvalue weighted by Crippen LogP contribution is -2.53. The van der Waals surface area contributed by atoms with Gasteiger partial charge in [0.15, 0.2) is 0 Å². The molecular weight excluding hydrogens is 364 g/mol. The summed E-state index contributed by atoms with van der Waals surface area (Å²) < 4.78 is 0. The van der Waals surface area contributed by atoms with E-state index < -0.39 is 0 Å². The lowest BCUT2D eigenvalue weighted by molar-refractivity contribution is -0.117. The lowest BCUT2D eigenvalue weighted by atomic mass is 9.97. The maximum atomic E-state index is 12.4. The first-order valence-corrected chi connectivity index (χ1v) is 10.8. The zero-order chi connectivity index (χ0) is 20.6. The number of nitrogens with zero attached hydrogens (tertiary/aromatic N) is 2. The molecule has 0 radical (unpaired) electrons. The van der Waals surface area contributed by atoms with E-state index in [0.717, 1.165) is 36.3 Å². The third-order valence-corrected chi connectivity index (χ3v) is 5.88. The smallest absolute Gasteiger partial charge is 0.317 e. The molecule has 1 heterocycles. The van der Waals surface area contributed by atoms with Crippen LogP contribution >= 0.6 is 0 Å². The monoisotopic (exact) mass is 398 g/mol. The first-order valence-electron chi connectivity index (χ1n) is 10.8. The number of urea groups is 1. The van der Waals surface area contributed by atoms with Crippen molar-refractivity contribution >= 4 is 17.6 Å². The Bertz CT molecular complexity index is 731. The number of amides is 3. The number of para-hydroxylation sites is 1. The number of carbonyl (C=O) groups is 2. The Morgan fingerprint density at radius 3 is 2.41 bits per heavy atom. The molecule has 1 aromatic carbocycles. The first-order chi connectivity index (χ1) is 14.0. The molecule has 0 spiro atoms. The summed E-state index contributed by atoms with van der Waals surface area (Å²) in [4.78, 5) is 28.8. The molecule has 1 aromatic rings. The van der Waals surface area contributed by atoms with E-state index in [9.17, 15) is 9.59 Å². The molecule has 1 fully saturated rings. The van der Waals surface area contributed by atoms with Gasteiger partial charge in [-0.2, -0.15) is 0 Å². The van der Waals surface area contributed by atoms with Crippen molar-refractivity contribution < 1.29 is 9.59 Å². The molecule has 0 atom stereocenters. The Morgan fingerprint density at radius 1 is 1.03 bits per heavy atom. The summed E-state index contributed by atoms with van der Waals surface area (Å²) >= 11 is 0. The number of hydrogen-bond donors (Lipinski definition) is 2. The summed E-state index contributed by atoms with van der Waals surface area (Å²) in [5.41, 5.74) is 4.53. The number of benzene rings is 1. The van der Waals surface area contributed by atoms with Crippen molar-refractivity contribution in [3.63, 3.8) is 0 Å². The number of piperazine rings is 1. The molecule has 29 heavy (non-hydrogen) atoms. The minimum Gasteiger partial charge on any atom is -0.338 e. The molecule has 2 N–H and O–H groups in total. The molecule has 6 heteroatoms. The van der Waals surface area contributed by atoms with E-state index in [-0.39, 0.29) is 11.9 Å². The van der Waals surface area contributed by atoms with Crippen LogP contribution in [0.25, 0.3) is 0 Å². The lowest BCUT2D eigenvalue weighted by Gasteiger charge is -2.34. The molecular formula is C23H34N4O2. The van der Waals surface area contributed by atoms with Crippen LogP contribution < -0.4 is 10.6 Å². The van der Waals surface area contributed by atoms with E-state index in [1.165, 1.54) is 31.3 Å². The first kappa shape index (κ1) is 21.4. The molecule has 1 aliphatic carbocycles. The molecule has 158 valence electrons. The number of rotatable bonds is 6.